The van der Waals surface area contributed by atoms with Gasteiger partial charge in [-0.15, -0.1) is 5.92 Å². The fourth-order valence-electron chi connectivity index (χ4n) is 0.979. The third kappa shape index (κ3) is 1.93. The van der Waals surface area contributed by atoms with E-state index in [-0.39, 0.29) is 0 Å². The SMILES string of the molecule is CC#CC1=CCC[CH]C1. The minimum absolute atomic E-state index is 1.08. The summed E-state index contributed by atoms with van der Waals surface area (Å²) >= 11 is 0. The van der Waals surface area contributed by atoms with E-state index < -0.39 is 0 Å². The predicted octanol–water partition coefficient (Wildman–Crippen LogP) is 2.32. The van der Waals surface area contributed by atoms with Gasteiger partial charge in [-0.2, -0.15) is 0 Å². The average Bonchev–Trinajstić information content (AvgIpc) is 1.91. The van der Waals surface area contributed by atoms with Crippen molar-refractivity contribution in [3.05, 3.63) is 18.1 Å². The van der Waals surface area contributed by atoms with Crippen LogP contribution in [0.1, 0.15) is 26.2 Å². The molecule has 0 aromatic heterocycles. The highest BCUT2D eigenvalue weighted by atomic mass is 14.0. The summed E-state index contributed by atoms with van der Waals surface area (Å²) in [5, 5.41) is 0. The van der Waals surface area contributed by atoms with Crippen LogP contribution >= 0.6 is 0 Å². The van der Waals surface area contributed by atoms with Gasteiger partial charge in [0.2, 0.25) is 0 Å². The van der Waals surface area contributed by atoms with Crippen molar-refractivity contribution < 1.29 is 0 Å². The maximum Gasteiger partial charge on any atom is -0.00169 e. The Hall–Kier alpha value is -0.700. The second-order valence-electron chi connectivity index (χ2n) is 2.17. The van der Waals surface area contributed by atoms with Crippen molar-refractivity contribution in [2.45, 2.75) is 26.2 Å². The highest BCUT2D eigenvalue weighted by Crippen LogP contribution is 2.14. The Balaban J connectivity index is 2.53. The van der Waals surface area contributed by atoms with Gasteiger partial charge >= 0.3 is 0 Å². The molecule has 0 saturated carbocycles. The quantitative estimate of drug-likeness (QED) is 0.429. The van der Waals surface area contributed by atoms with Gasteiger partial charge in [-0.25, -0.2) is 0 Å². The van der Waals surface area contributed by atoms with Crippen molar-refractivity contribution in [3.8, 4) is 11.8 Å². The number of rotatable bonds is 0. The van der Waals surface area contributed by atoms with E-state index >= 15 is 0 Å². The molecule has 0 heteroatoms. The molecule has 1 rings (SSSR count). The fraction of sp³-hybridized carbons (Fsp3) is 0.444. The van der Waals surface area contributed by atoms with Gasteiger partial charge in [0.05, 0.1) is 0 Å². The molecule has 0 amide bonds. The highest BCUT2D eigenvalue weighted by Gasteiger charge is 1.98. The standard InChI is InChI=1S/C9H11/c1-2-6-9-7-4-3-5-8-9/h4,8H,3,5,7H2,1H3. The van der Waals surface area contributed by atoms with Gasteiger partial charge in [-0.1, -0.05) is 12.0 Å². The van der Waals surface area contributed by atoms with E-state index in [1.165, 1.54) is 18.4 Å². The molecule has 47 valence electrons. The lowest BCUT2D eigenvalue weighted by molar-refractivity contribution is 0.874. The molecule has 0 aromatic carbocycles. The molecule has 9 heavy (non-hydrogen) atoms. The smallest absolute Gasteiger partial charge is 0.00169 e. The first-order chi connectivity index (χ1) is 4.43. The van der Waals surface area contributed by atoms with Gasteiger partial charge < -0.3 is 0 Å². The van der Waals surface area contributed by atoms with E-state index in [1.54, 1.807) is 0 Å². The van der Waals surface area contributed by atoms with Crippen molar-refractivity contribution in [2.75, 3.05) is 0 Å². The van der Waals surface area contributed by atoms with Gasteiger partial charge in [-0.05, 0) is 38.2 Å². The normalized spacial score (nSPS) is 17.7. The lowest BCUT2D eigenvalue weighted by Gasteiger charge is -2.04. The molecule has 0 N–H and O–H groups in total. The molecule has 1 aliphatic rings. The topological polar surface area (TPSA) is 0 Å². The summed E-state index contributed by atoms with van der Waals surface area (Å²) in [7, 11) is 0. The maximum absolute atomic E-state index is 3.06. The van der Waals surface area contributed by atoms with Crippen LogP contribution in [0.15, 0.2) is 11.6 Å². The fourth-order valence-corrected chi connectivity index (χ4v) is 0.979. The zero-order chi connectivity index (χ0) is 6.53. The van der Waals surface area contributed by atoms with Gasteiger partial charge in [0, 0.05) is 0 Å². The van der Waals surface area contributed by atoms with E-state index in [0.717, 1.165) is 6.42 Å². The molecular weight excluding hydrogens is 108 g/mol. The summed E-state index contributed by atoms with van der Waals surface area (Å²) in [6, 6.07) is 0. The van der Waals surface area contributed by atoms with Crippen LogP contribution in [0.3, 0.4) is 0 Å². The molecule has 0 aliphatic heterocycles. The summed E-state index contributed by atoms with van der Waals surface area (Å²) < 4.78 is 0. The maximum atomic E-state index is 3.06. The van der Waals surface area contributed by atoms with Crippen LogP contribution in [0.4, 0.5) is 0 Å². The van der Waals surface area contributed by atoms with Crippen LogP contribution in [0.2, 0.25) is 0 Å². The summed E-state index contributed by atoms with van der Waals surface area (Å²) in [5.74, 6) is 5.96. The molecule has 0 nitrogen and oxygen atoms in total. The average molecular weight is 119 g/mol. The van der Waals surface area contributed by atoms with Gasteiger partial charge in [0.15, 0.2) is 0 Å². The van der Waals surface area contributed by atoms with E-state index in [2.05, 4.69) is 24.3 Å². The molecular formula is C9H11. The molecule has 0 unspecified atom stereocenters. The number of hydrogen-bond acceptors (Lipinski definition) is 0. The van der Waals surface area contributed by atoms with Crippen LogP contribution in [-0.2, 0) is 0 Å². The lowest BCUT2D eigenvalue weighted by Crippen LogP contribution is -1.88. The molecule has 1 aliphatic carbocycles. The first-order valence-corrected chi connectivity index (χ1v) is 3.37. The molecule has 1 radical (unpaired) electrons. The van der Waals surface area contributed by atoms with Crippen LogP contribution < -0.4 is 0 Å². The summed E-state index contributed by atoms with van der Waals surface area (Å²) in [5.41, 5.74) is 1.30. The second kappa shape index (κ2) is 3.35. The van der Waals surface area contributed by atoms with Crippen LogP contribution in [-0.4, -0.2) is 0 Å². The Kier molecular flexibility index (Phi) is 2.39. The van der Waals surface area contributed by atoms with E-state index in [1.807, 2.05) is 6.92 Å². The molecule has 0 spiro atoms. The number of hydrogen-bond donors (Lipinski definition) is 0. The van der Waals surface area contributed by atoms with Crippen LogP contribution in [0, 0.1) is 18.3 Å². The van der Waals surface area contributed by atoms with Crippen molar-refractivity contribution in [1.82, 2.24) is 0 Å². The largest absolute Gasteiger partial charge is 0.102 e. The van der Waals surface area contributed by atoms with Gasteiger partial charge in [-0.3, -0.25) is 0 Å². The molecule has 0 fully saturated rings. The number of allylic oxidation sites excluding steroid dienone is 2. The van der Waals surface area contributed by atoms with Crippen molar-refractivity contribution in [3.63, 3.8) is 0 Å². The summed E-state index contributed by atoms with van der Waals surface area (Å²) in [6.07, 6.45) is 8.02. The highest BCUT2D eigenvalue weighted by molar-refractivity contribution is 5.30. The Labute approximate surface area is 57.0 Å². The monoisotopic (exact) mass is 119 g/mol. The Morgan fingerprint density at radius 1 is 1.44 bits per heavy atom. The van der Waals surface area contributed by atoms with Crippen molar-refractivity contribution in [2.24, 2.45) is 0 Å². The van der Waals surface area contributed by atoms with Crippen molar-refractivity contribution in [1.29, 1.82) is 0 Å². The third-order valence-electron chi connectivity index (χ3n) is 1.41. The third-order valence-corrected chi connectivity index (χ3v) is 1.41. The van der Waals surface area contributed by atoms with Crippen LogP contribution in [0.5, 0.6) is 0 Å². The predicted molar refractivity (Wildman–Crippen MR) is 39.7 cm³/mol. The first-order valence-electron chi connectivity index (χ1n) is 3.37. The first kappa shape index (κ1) is 6.42. The molecule has 0 heterocycles. The van der Waals surface area contributed by atoms with E-state index in [9.17, 15) is 0 Å². The Bertz CT molecular complexity index is 164. The Morgan fingerprint density at radius 2 is 2.33 bits per heavy atom. The summed E-state index contributed by atoms with van der Waals surface area (Å²) in [6.45, 7) is 1.88. The second-order valence-corrected chi connectivity index (χ2v) is 2.17. The zero-order valence-corrected chi connectivity index (χ0v) is 5.78. The van der Waals surface area contributed by atoms with E-state index in [4.69, 9.17) is 0 Å². The van der Waals surface area contributed by atoms with Gasteiger partial charge in [0.1, 0.15) is 0 Å². The van der Waals surface area contributed by atoms with Gasteiger partial charge in [0.25, 0.3) is 0 Å². The molecule has 0 atom stereocenters. The minimum Gasteiger partial charge on any atom is -0.102 e. The minimum atomic E-state index is 1.08. The zero-order valence-electron chi connectivity index (χ0n) is 5.78. The molecule has 0 bridgehead atoms. The van der Waals surface area contributed by atoms with Crippen LogP contribution in [0.25, 0.3) is 0 Å². The van der Waals surface area contributed by atoms with E-state index in [0.29, 0.717) is 0 Å². The lowest BCUT2D eigenvalue weighted by atomic mass is 10.0. The summed E-state index contributed by atoms with van der Waals surface area (Å²) in [4.78, 5) is 0. The molecule has 0 saturated heterocycles. The Morgan fingerprint density at radius 3 is 2.89 bits per heavy atom. The molecule has 0 aromatic rings. The van der Waals surface area contributed by atoms with Crippen molar-refractivity contribution >= 4 is 0 Å².